The summed E-state index contributed by atoms with van der Waals surface area (Å²) < 4.78 is 10.7. The molecule has 0 spiro atoms. The van der Waals surface area contributed by atoms with Gasteiger partial charge >= 0.3 is 0 Å². The maximum absolute atomic E-state index is 6.15. The molecule has 0 bridgehead atoms. The minimum absolute atomic E-state index is 0.0599. The molecule has 1 heterocycles. The molecule has 2 rings (SSSR count). The van der Waals surface area contributed by atoms with E-state index in [4.69, 9.17) is 26.6 Å². The van der Waals surface area contributed by atoms with E-state index in [-0.39, 0.29) is 12.6 Å². The molecule has 5 nitrogen and oxygen atoms in total. The fraction of sp³-hybridized carbons (Fsp3) is 0.429. The van der Waals surface area contributed by atoms with Gasteiger partial charge in [0.1, 0.15) is 5.75 Å². The van der Waals surface area contributed by atoms with Crippen molar-refractivity contribution >= 4 is 11.6 Å². The highest BCUT2D eigenvalue weighted by atomic mass is 35.5. The van der Waals surface area contributed by atoms with Gasteiger partial charge in [-0.15, -0.1) is 0 Å². The number of ether oxygens (including phenoxy) is 1. The van der Waals surface area contributed by atoms with Crippen LogP contribution in [0.4, 0.5) is 0 Å². The van der Waals surface area contributed by atoms with Crippen LogP contribution in [0.5, 0.6) is 5.75 Å². The Kier molecular flexibility index (Phi) is 4.98. The van der Waals surface area contributed by atoms with Crippen LogP contribution in [-0.4, -0.2) is 10.1 Å². The predicted molar refractivity (Wildman–Crippen MR) is 76.7 cm³/mol. The van der Waals surface area contributed by atoms with E-state index in [0.29, 0.717) is 22.5 Å². The summed E-state index contributed by atoms with van der Waals surface area (Å²) in [4.78, 5) is 4.22. The summed E-state index contributed by atoms with van der Waals surface area (Å²) in [5.74, 6) is 1.73. The zero-order valence-electron chi connectivity index (χ0n) is 11.6. The summed E-state index contributed by atoms with van der Waals surface area (Å²) in [7, 11) is 0. The van der Waals surface area contributed by atoms with Crippen LogP contribution >= 0.6 is 11.6 Å². The van der Waals surface area contributed by atoms with Crippen molar-refractivity contribution in [2.45, 2.75) is 39.3 Å². The first-order valence-electron chi connectivity index (χ1n) is 6.59. The van der Waals surface area contributed by atoms with Crippen LogP contribution in [0, 0.1) is 0 Å². The largest absolute Gasteiger partial charge is 0.484 e. The lowest BCUT2D eigenvalue weighted by Gasteiger charge is -2.10. The molecule has 0 fully saturated rings. The Labute approximate surface area is 123 Å². The van der Waals surface area contributed by atoms with E-state index < -0.39 is 0 Å². The molecule has 2 aromatic rings. The van der Waals surface area contributed by atoms with Gasteiger partial charge in [-0.05, 0) is 31.0 Å². The molecule has 0 unspecified atom stereocenters. The van der Waals surface area contributed by atoms with E-state index >= 15 is 0 Å². The average Bonchev–Trinajstić information content (AvgIpc) is 2.85. The second-order valence-corrected chi connectivity index (χ2v) is 5.03. The Hall–Kier alpha value is -1.59. The average molecular weight is 296 g/mol. The summed E-state index contributed by atoms with van der Waals surface area (Å²) in [6.07, 6.45) is 1.74. The van der Waals surface area contributed by atoms with E-state index in [1.807, 2.05) is 13.0 Å². The van der Waals surface area contributed by atoms with Gasteiger partial charge in [0.05, 0.1) is 5.02 Å². The van der Waals surface area contributed by atoms with E-state index in [2.05, 4.69) is 17.1 Å². The van der Waals surface area contributed by atoms with E-state index in [1.54, 1.807) is 12.1 Å². The second-order valence-electron chi connectivity index (χ2n) is 4.62. The monoisotopic (exact) mass is 295 g/mol. The van der Waals surface area contributed by atoms with Crippen LogP contribution in [0.15, 0.2) is 22.7 Å². The third-order valence-corrected chi connectivity index (χ3v) is 3.11. The van der Waals surface area contributed by atoms with Gasteiger partial charge in [-0.2, -0.15) is 4.98 Å². The molecule has 0 aliphatic rings. The first kappa shape index (κ1) is 14.8. The Morgan fingerprint density at radius 1 is 1.45 bits per heavy atom. The fourth-order valence-electron chi connectivity index (χ4n) is 1.72. The molecule has 0 saturated carbocycles. The zero-order chi connectivity index (χ0) is 14.5. The van der Waals surface area contributed by atoms with Crippen molar-refractivity contribution in [3.63, 3.8) is 0 Å². The van der Waals surface area contributed by atoms with Crippen LogP contribution in [0.1, 0.15) is 43.6 Å². The summed E-state index contributed by atoms with van der Waals surface area (Å²) in [6, 6.07) is 5.44. The maximum Gasteiger partial charge on any atom is 0.226 e. The van der Waals surface area contributed by atoms with Crippen molar-refractivity contribution < 1.29 is 9.26 Å². The number of halogens is 1. The molecular formula is C14H18ClN3O2. The first-order chi connectivity index (χ1) is 9.60. The minimum Gasteiger partial charge on any atom is -0.484 e. The third kappa shape index (κ3) is 3.71. The number of aromatic nitrogens is 2. The number of hydrogen-bond donors (Lipinski definition) is 1. The Morgan fingerprint density at radius 3 is 2.90 bits per heavy atom. The Balaban J connectivity index is 1.99. The third-order valence-electron chi connectivity index (χ3n) is 2.81. The molecule has 0 aliphatic heterocycles. The number of nitrogens with two attached hydrogens (primary N) is 1. The van der Waals surface area contributed by atoms with Crippen LogP contribution in [0.3, 0.4) is 0 Å². The molecular weight excluding hydrogens is 278 g/mol. The van der Waals surface area contributed by atoms with E-state index in [0.717, 1.165) is 18.4 Å². The highest BCUT2D eigenvalue weighted by molar-refractivity contribution is 6.32. The van der Waals surface area contributed by atoms with Gasteiger partial charge in [-0.25, -0.2) is 0 Å². The summed E-state index contributed by atoms with van der Waals surface area (Å²) in [6.45, 7) is 4.19. The van der Waals surface area contributed by atoms with Crippen LogP contribution in [0.25, 0.3) is 0 Å². The van der Waals surface area contributed by atoms with Gasteiger partial charge in [0.25, 0.3) is 0 Å². The lowest BCUT2D eigenvalue weighted by molar-refractivity contribution is 0.285. The van der Waals surface area contributed by atoms with Gasteiger partial charge in [0.2, 0.25) is 11.7 Å². The van der Waals surface area contributed by atoms with Gasteiger partial charge < -0.3 is 15.0 Å². The summed E-state index contributed by atoms with van der Waals surface area (Å²) in [5, 5.41) is 4.38. The molecule has 0 aliphatic carbocycles. The standard InChI is InChI=1S/C14H18ClN3O2/c1-3-4-14-17-13(18-20-14)8-19-12-6-5-10(9(2)16)7-11(12)15/h5-7,9H,3-4,8,16H2,1-2H3/t9-/m1/s1. The number of rotatable bonds is 6. The van der Waals surface area contributed by atoms with E-state index in [1.165, 1.54) is 0 Å². The van der Waals surface area contributed by atoms with Gasteiger partial charge in [-0.3, -0.25) is 0 Å². The molecule has 2 N–H and O–H groups in total. The van der Waals surface area contributed by atoms with Crippen molar-refractivity contribution in [3.8, 4) is 5.75 Å². The zero-order valence-corrected chi connectivity index (χ0v) is 12.4. The van der Waals surface area contributed by atoms with Crippen LogP contribution in [0.2, 0.25) is 5.02 Å². The Morgan fingerprint density at radius 2 is 2.25 bits per heavy atom. The first-order valence-corrected chi connectivity index (χ1v) is 6.97. The highest BCUT2D eigenvalue weighted by Gasteiger charge is 2.09. The maximum atomic E-state index is 6.15. The lowest BCUT2D eigenvalue weighted by Crippen LogP contribution is -2.05. The predicted octanol–water partition coefficient (Wildman–Crippen LogP) is 3.27. The molecule has 0 radical (unpaired) electrons. The Bertz CT molecular complexity index is 569. The molecule has 108 valence electrons. The SMILES string of the molecule is CCCc1nc(COc2ccc([C@@H](C)N)cc2Cl)no1. The van der Waals surface area contributed by atoms with Crippen molar-refractivity contribution in [2.24, 2.45) is 5.73 Å². The van der Waals surface area contributed by atoms with Crippen molar-refractivity contribution in [1.29, 1.82) is 0 Å². The second kappa shape index (κ2) is 6.72. The molecule has 1 aromatic heterocycles. The van der Waals surface area contributed by atoms with Crippen LogP contribution < -0.4 is 10.5 Å². The number of hydrogen-bond acceptors (Lipinski definition) is 5. The number of benzene rings is 1. The fourth-order valence-corrected chi connectivity index (χ4v) is 1.97. The van der Waals surface area contributed by atoms with E-state index in [9.17, 15) is 0 Å². The molecule has 1 aromatic carbocycles. The topological polar surface area (TPSA) is 74.2 Å². The molecule has 20 heavy (non-hydrogen) atoms. The number of nitrogens with zero attached hydrogens (tertiary/aromatic N) is 2. The molecule has 1 atom stereocenters. The van der Waals surface area contributed by atoms with Gasteiger partial charge in [-0.1, -0.05) is 29.7 Å². The lowest BCUT2D eigenvalue weighted by atomic mass is 10.1. The summed E-state index contributed by atoms with van der Waals surface area (Å²) in [5.41, 5.74) is 6.76. The molecule has 6 heteroatoms. The smallest absolute Gasteiger partial charge is 0.226 e. The highest BCUT2D eigenvalue weighted by Crippen LogP contribution is 2.27. The van der Waals surface area contributed by atoms with Gasteiger partial charge in [0, 0.05) is 12.5 Å². The molecule has 0 saturated heterocycles. The number of aryl methyl sites for hydroxylation is 1. The quantitative estimate of drug-likeness (QED) is 0.885. The van der Waals surface area contributed by atoms with Crippen molar-refractivity contribution in [2.75, 3.05) is 0 Å². The molecule has 0 amide bonds. The van der Waals surface area contributed by atoms with Crippen molar-refractivity contribution in [3.05, 3.63) is 40.5 Å². The van der Waals surface area contributed by atoms with Gasteiger partial charge in [0.15, 0.2) is 6.61 Å². The van der Waals surface area contributed by atoms with Crippen molar-refractivity contribution in [1.82, 2.24) is 10.1 Å². The van der Waals surface area contributed by atoms with Crippen LogP contribution in [-0.2, 0) is 13.0 Å². The minimum atomic E-state index is -0.0599. The normalized spacial score (nSPS) is 12.4. The summed E-state index contributed by atoms with van der Waals surface area (Å²) >= 11 is 6.15.